The van der Waals surface area contributed by atoms with Crippen molar-refractivity contribution in [3.05, 3.63) is 66.5 Å². The van der Waals surface area contributed by atoms with Crippen LogP contribution in [0.2, 0.25) is 0 Å². The van der Waals surface area contributed by atoms with E-state index in [1.807, 2.05) is 59.6 Å². The fraction of sp³-hybridized carbons (Fsp3) is 0.0714. The molecule has 0 aliphatic rings. The molecule has 0 fully saturated rings. The Labute approximate surface area is 113 Å². The maximum atomic E-state index is 7.00. The highest BCUT2D eigenvalue weighted by Crippen LogP contribution is 1.99. The molecule has 2 aromatic rings. The van der Waals surface area contributed by atoms with Gasteiger partial charge in [-0.1, -0.05) is 36.4 Å². The van der Waals surface area contributed by atoms with Gasteiger partial charge in [-0.05, 0) is 5.56 Å². The Morgan fingerprint density at radius 2 is 1.41 bits per heavy atom. The van der Waals surface area contributed by atoms with Gasteiger partial charge < -0.3 is 22.1 Å². The van der Waals surface area contributed by atoms with E-state index in [0.29, 0.717) is 0 Å². The number of benzene rings is 1. The highest BCUT2D eigenvalue weighted by molar-refractivity contribution is 5.56. The third-order valence-electron chi connectivity index (χ3n) is 1.98. The van der Waals surface area contributed by atoms with Crippen LogP contribution in [0.1, 0.15) is 5.56 Å². The molecule has 90 valence electrons. The molecule has 1 aromatic heterocycles. The minimum Gasteiger partial charge on any atom is -1.00 e. The molecule has 0 bridgehead atoms. The van der Waals surface area contributed by atoms with Crippen LogP contribution in [0.5, 0.6) is 0 Å². The quantitative estimate of drug-likeness (QED) is 0.722. The summed E-state index contributed by atoms with van der Waals surface area (Å²) in [5, 5.41) is 7.00. The van der Waals surface area contributed by atoms with Crippen molar-refractivity contribution in [1.29, 1.82) is 0 Å². The first-order chi connectivity index (χ1) is 7.95. The average Bonchev–Trinajstić information content (AvgIpc) is 2.41. The molecule has 1 heterocycles. The largest absolute Gasteiger partial charge is 1.00 e. The topological polar surface area (TPSA) is 24.1 Å². The number of pyridine rings is 1. The summed E-state index contributed by atoms with van der Waals surface area (Å²) >= 11 is 0. The van der Waals surface area contributed by atoms with Crippen LogP contribution in [0.4, 0.5) is 0 Å². The lowest BCUT2D eigenvalue weighted by molar-refractivity contribution is -0.567. The molecule has 0 atom stereocenters. The zero-order chi connectivity index (χ0) is 11.6. The number of halogens is 1. The van der Waals surface area contributed by atoms with E-state index in [9.17, 15) is 0 Å². The van der Waals surface area contributed by atoms with Crippen molar-refractivity contribution >= 4 is 12.3 Å². The van der Waals surface area contributed by atoms with Gasteiger partial charge in [-0.25, -0.2) is 0 Å². The van der Waals surface area contributed by atoms with Crippen molar-refractivity contribution in [2.75, 3.05) is 7.11 Å². The predicted octanol–water partition coefficient (Wildman–Crippen LogP) is -0.785. The van der Waals surface area contributed by atoms with Gasteiger partial charge in [0.25, 0.3) is 0 Å². The summed E-state index contributed by atoms with van der Waals surface area (Å²) < 4.78 is 2.02. The first kappa shape index (κ1) is 15.6. The van der Waals surface area contributed by atoms with Gasteiger partial charge in [0.15, 0.2) is 18.6 Å². The van der Waals surface area contributed by atoms with Crippen molar-refractivity contribution in [2.45, 2.75) is 0 Å². The van der Waals surface area contributed by atoms with Crippen LogP contribution in [0, 0.1) is 0 Å². The normalized spacial score (nSPS) is 9.06. The van der Waals surface area contributed by atoms with E-state index in [2.05, 4.69) is 18.2 Å². The zero-order valence-corrected chi connectivity index (χ0v) is 11.3. The lowest BCUT2D eigenvalue weighted by atomic mass is 10.2. The molecule has 1 N–H and O–H groups in total. The van der Waals surface area contributed by atoms with Gasteiger partial charge in [0.2, 0.25) is 0 Å². The molecule has 0 amide bonds. The molecule has 0 aliphatic carbocycles. The van der Waals surface area contributed by atoms with Gasteiger partial charge >= 0.3 is 0 Å². The van der Waals surface area contributed by atoms with E-state index >= 15 is 0 Å². The van der Waals surface area contributed by atoms with Crippen molar-refractivity contribution in [3.63, 3.8) is 0 Å². The predicted molar refractivity (Wildman–Crippen MR) is 66.4 cm³/mol. The first-order valence-corrected chi connectivity index (χ1v) is 5.09. The molecule has 3 heteroatoms. The molecule has 0 saturated heterocycles. The molecule has 17 heavy (non-hydrogen) atoms. The monoisotopic (exact) mass is 293 g/mol. The Hall–Kier alpha value is -1.45. The molecule has 0 saturated carbocycles. The van der Waals surface area contributed by atoms with Gasteiger partial charge in [-0.15, -0.1) is 0 Å². The summed E-state index contributed by atoms with van der Waals surface area (Å²) in [7, 11) is 1.00. The summed E-state index contributed by atoms with van der Waals surface area (Å²) in [4.78, 5) is 0. The van der Waals surface area contributed by atoms with Crippen LogP contribution in [-0.4, -0.2) is 12.2 Å². The fourth-order valence-electron chi connectivity index (χ4n) is 1.25. The van der Waals surface area contributed by atoms with Crippen LogP contribution in [-0.2, 0) is 0 Å². The molecule has 0 unspecified atom stereocenters. The SMILES string of the molecule is C(=C[n+]1ccccc1)c1ccccc1.CO.[Br-]. The summed E-state index contributed by atoms with van der Waals surface area (Å²) in [6.45, 7) is 0. The highest BCUT2D eigenvalue weighted by Gasteiger charge is 1.89. The Bertz CT molecular complexity index is 373. The third-order valence-corrected chi connectivity index (χ3v) is 1.98. The smallest absolute Gasteiger partial charge is 0.175 e. The minimum absolute atomic E-state index is 0. The molecule has 2 nitrogen and oxygen atoms in total. The number of hydrogen-bond donors (Lipinski definition) is 1. The second kappa shape index (κ2) is 9.75. The number of rotatable bonds is 2. The average molecular weight is 294 g/mol. The lowest BCUT2D eigenvalue weighted by Crippen LogP contribution is -3.00. The molecule has 1 aromatic carbocycles. The van der Waals surface area contributed by atoms with Gasteiger partial charge in [-0.3, -0.25) is 0 Å². The van der Waals surface area contributed by atoms with E-state index in [4.69, 9.17) is 5.11 Å². The molecule has 0 aliphatic heterocycles. The standard InChI is InChI=1S/C13H12N.CH4O.BrH/c1-3-7-13(8-4-1)9-12-14-10-5-2-6-11-14;1-2;/h1-12H;2H,1H3;1H/q+1;;/p-1. The zero-order valence-electron chi connectivity index (χ0n) is 9.70. The third kappa shape index (κ3) is 6.00. The number of aliphatic hydroxyl groups is 1. The summed E-state index contributed by atoms with van der Waals surface area (Å²) in [6, 6.07) is 16.3. The van der Waals surface area contributed by atoms with E-state index in [0.717, 1.165) is 7.11 Å². The molecule has 0 spiro atoms. The molecular weight excluding hydrogens is 278 g/mol. The van der Waals surface area contributed by atoms with Crippen LogP contribution in [0.15, 0.2) is 60.9 Å². The Morgan fingerprint density at radius 1 is 0.882 bits per heavy atom. The number of hydrogen-bond acceptors (Lipinski definition) is 1. The van der Waals surface area contributed by atoms with Crippen LogP contribution in [0.25, 0.3) is 12.3 Å². The Kier molecular flexibility index (Phi) is 8.92. The summed E-state index contributed by atoms with van der Waals surface area (Å²) in [6.07, 6.45) is 8.15. The van der Waals surface area contributed by atoms with Crippen LogP contribution in [0.3, 0.4) is 0 Å². The van der Waals surface area contributed by atoms with Crippen LogP contribution < -0.4 is 21.5 Å². The molecular formula is C14H16BrNO. The molecule has 0 radical (unpaired) electrons. The maximum absolute atomic E-state index is 7.00. The van der Waals surface area contributed by atoms with Crippen molar-refractivity contribution in [2.24, 2.45) is 0 Å². The second-order valence-electron chi connectivity index (χ2n) is 3.05. The van der Waals surface area contributed by atoms with Crippen LogP contribution >= 0.6 is 0 Å². The van der Waals surface area contributed by atoms with Crippen molar-refractivity contribution in [3.8, 4) is 0 Å². The summed E-state index contributed by atoms with van der Waals surface area (Å²) in [5.41, 5.74) is 1.21. The second-order valence-corrected chi connectivity index (χ2v) is 3.05. The lowest BCUT2D eigenvalue weighted by Gasteiger charge is -1.88. The van der Waals surface area contributed by atoms with E-state index in [1.54, 1.807) is 0 Å². The minimum atomic E-state index is 0. The van der Waals surface area contributed by atoms with Gasteiger partial charge in [0.1, 0.15) is 0 Å². The van der Waals surface area contributed by atoms with Crippen molar-refractivity contribution in [1.82, 2.24) is 0 Å². The highest BCUT2D eigenvalue weighted by atomic mass is 79.9. The first-order valence-electron chi connectivity index (χ1n) is 5.09. The van der Waals surface area contributed by atoms with Gasteiger partial charge in [-0.2, -0.15) is 4.57 Å². The molecule has 2 rings (SSSR count). The Balaban J connectivity index is 0.000000811. The van der Waals surface area contributed by atoms with Crippen molar-refractivity contribution < 1.29 is 26.7 Å². The number of aromatic nitrogens is 1. The van der Waals surface area contributed by atoms with Gasteiger partial charge in [0, 0.05) is 25.3 Å². The van der Waals surface area contributed by atoms with E-state index in [1.165, 1.54) is 5.56 Å². The van der Waals surface area contributed by atoms with Gasteiger partial charge in [0.05, 0.1) is 0 Å². The number of nitrogens with zero attached hydrogens (tertiary/aromatic N) is 1. The van der Waals surface area contributed by atoms with E-state index in [-0.39, 0.29) is 17.0 Å². The van der Waals surface area contributed by atoms with E-state index < -0.39 is 0 Å². The fourth-order valence-corrected chi connectivity index (χ4v) is 1.25. The maximum Gasteiger partial charge on any atom is 0.175 e. The summed E-state index contributed by atoms with van der Waals surface area (Å²) in [5.74, 6) is 0. The Morgan fingerprint density at radius 3 is 2.00 bits per heavy atom. The number of aliphatic hydroxyl groups excluding tert-OH is 1.